The highest BCUT2D eigenvalue weighted by molar-refractivity contribution is 6.07. The molecule has 0 N–H and O–H groups in total. The maximum atomic E-state index is 12.9. The highest BCUT2D eigenvalue weighted by atomic mass is 16.5. The van der Waals surface area contributed by atoms with Crippen LogP contribution in [-0.2, 0) is 16.1 Å². The Morgan fingerprint density at radius 3 is 2.11 bits per heavy atom. The first-order valence-electron chi connectivity index (χ1n) is 10.8. The fraction of sp³-hybridized carbons (Fsp3) is 0.148. The Balaban J connectivity index is 1.88. The first-order valence-corrected chi connectivity index (χ1v) is 10.8. The number of carbonyl (C=O) groups is 2. The van der Waals surface area contributed by atoms with Gasteiger partial charge in [-0.25, -0.2) is 14.3 Å². The van der Waals surface area contributed by atoms with E-state index >= 15 is 0 Å². The standard InChI is InChI=1S/C27H24N2O6/c1-32-22-15-14-20(35-17-18-10-6-4-7-11-18)16-21(22)24-23(26(30)33-2)25(27(31)34-3)29(28-24)19-12-8-5-9-13-19/h4-16H,17H2,1-3H3. The van der Waals surface area contributed by atoms with E-state index in [1.165, 1.54) is 26.0 Å². The summed E-state index contributed by atoms with van der Waals surface area (Å²) >= 11 is 0. The molecule has 0 spiro atoms. The normalized spacial score (nSPS) is 10.5. The van der Waals surface area contributed by atoms with Crippen molar-refractivity contribution in [3.63, 3.8) is 0 Å². The number of hydrogen-bond donors (Lipinski definition) is 0. The van der Waals surface area contributed by atoms with Crippen LogP contribution in [0.1, 0.15) is 26.4 Å². The summed E-state index contributed by atoms with van der Waals surface area (Å²) in [7, 11) is 3.99. The molecular weight excluding hydrogens is 448 g/mol. The van der Waals surface area contributed by atoms with Crippen LogP contribution in [-0.4, -0.2) is 43.0 Å². The van der Waals surface area contributed by atoms with Crippen molar-refractivity contribution in [3.05, 3.63) is 95.7 Å². The Hall–Kier alpha value is -4.59. The van der Waals surface area contributed by atoms with Crippen LogP contribution in [0.5, 0.6) is 11.5 Å². The van der Waals surface area contributed by atoms with E-state index in [4.69, 9.17) is 18.9 Å². The molecule has 0 aliphatic rings. The fourth-order valence-electron chi connectivity index (χ4n) is 3.65. The summed E-state index contributed by atoms with van der Waals surface area (Å²) in [6, 6.07) is 23.9. The van der Waals surface area contributed by atoms with Gasteiger partial charge >= 0.3 is 11.9 Å². The van der Waals surface area contributed by atoms with Crippen LogP contribution in [0.15, 0.2) is 78.9 Å². The van der Waals surface area contributed by atoms with E-state index in [-0.39, 0.29) is 17.0 Å². The van der Waals surface area contributed by atoms with Gasteiger partial charge in [-0.2, -0.15) is 5.10 Å². The maximum absolute atomic E-state index is 12.9. The third kappa shape index (κ3) is 4.86. The molecule has 0 atom stereocenters. The molecule has 8 nitrogen and oxygen atoms in total. The van der Waals surface area contributed by atoms with Crippen molar-refractivity contribution in [2.75, 3.05) is 21.3 Å². The lowest BCUT2D eigenvalue weighted by molar-refractivity contribution is 0.0549. The van der Waals surface area contributed by atoms with Gasteiger partial charge in [0.05, 0.1) is 27.0 Å². The Bertz CT molecular complexity index is 1330. The van der Waals surface area contributed by atoms with Gasteiger partial charge in [-0.15, -0.1) is 0 Å². The predicted molar refractivity (Wildman–Crippen MR) is 129 cm³/mol. The van der Waals surface area contributed by atoms with E-state index in [0.717, 1.165) is 5.56 Å². The van der Waals surface area contributed by atoms with E-state index in [1.54, 1.807) is 42.5 Å². The van der Waals surface area contributed by atoms with Gasteiger partial charge in [-0.05, 0) is 35.9 Å². The minimum atomic E-state index is -0.736. The van der Waals surface area contributed by atoms with Crippen molar-refractivity contribution in [1.82, 2.24) is 9.78 Å². The molecule has 0 aliphatic carbocycles. The molecule has 8 heteroatoms. The number of carbonyl (C=O) groups excluding carboxylic acids is 2. The molecule has 0 saturated carbocycles. The number of ether oxygens (including phenoxy) is 4. The second-order valence-corrected chi connectivity index (χ2v) is 7.44. The molecule has 35 heavy (non-hydrogen) atoms. The van der Waals surface area contributed by atoms with Crippen molar-refractivity contribution in [2.45, 2.75) is 6.61 Å². The number of hydrogen-bond acceptors (Lipinski definition) is 7. The smallest absolute Gasteiger partial charge is 0.357 e. The Labute approximate surface area is 202 Å². The van der Waals surface area contributed by atoms with Crippen LogP contribution in [0, 0.1) is 0 Å². The van der Waals surface area contributed by atoms with Gasteiger partial charge in [-0.1, -0.05) is 48.5 Å². The van der Waals surface area contributed by atoms with Gasteiger partial charge in [0, 0.05) is 5.56 Å². The summed E-state index contributed by atoms with van der Waals surface area (Å²) in [4.78, 5) is 25.8. The van der Waals surface area contributed by atoms with E-state index in [2.05, 4.69) is 5.10 Å². The number of nitrogens with zero attached hydrogens (tertiary/aromatic N) is 2. The summed E-state index contributed by atoms with van der Waals surface area (Å²) < 4.78 is 22.9. The average molecular weight is 472 g/mol. The molecule has 0 saturated heterocycles. The Kier molecular flexibility index (Phi) is 7.11. The largest absolute Gasteiger partial charge is 0.496 e. The van der Waals surface area contributed by atoms with Gasteiger partial charge in [0.2, 0.25) is 0 Å². The van der Waals surface area contributed by atoms with Gasteiger partial charge in [-0.3, -0.25) is 0 Å². The van der Waals surface area contributed by atoms with Gasteiger partial charge in [0.25, 0.3) is 0 Å². The summed E-state index contributed by atoms with van der Waals surface area (Å²) in [5, 5.41) is 4.64. The number of methoxy groups -OCH3 is 3. The second kappa shape index (κ2) is 10.6. The zero-order chi connectivity index (χ0) is 24.8. The fourth-order valence-corrected chi connectivity index (χ4v) is 3.65. The maximum Gasteiger partial charge on any atom is 0.357 e. The summed E-state index contributed by atoms with van der Waals surface area (Å²) in [6.45, 7) is 0.350. The van der Waals surface area contributed by atoms with Crippen molar-refractivity contribution < 1.29 is 28.5 Å². The second-order valence-electron chi connectivity index (χ2n) is 7.44. The third-order valence-electron chi connectivity index (χ3n) is 5.33. The first-order chi connectivity index (χ1) is 17.1. The molecule has 1 heterocycles. The van der Waals surface area contributed by atoms with Crippen LogP contribution in [0.2, 0.25) is 0 Å². The van der Waals surface area contributed by atoms with E-state index < -0.39 is 11.9 Å². The average Bonchev–Trinajstić information content (AvgIpc) is 3.32. The molecule has 3 aromatic carbocycles. The van der Waals surface area contributed by atoms with Crippen molar-refractivity contribution in [2.24, 2.45) is 0 Å². The number of esters is 2. The topological polar surface area (TPSA) is 88.9 Å². The zero-order valence-electron chi connectivity index (χ0n) is 19.6. The Morgan fingerprint density at radius 1 is 0.829 bits per heavy atom. The minimum Gasteiger partial charge on any atom is -0.496 e. The van der Waals surface area contributed by atoms with Crippen LogP contribution < -0.4 is 9.47 Å². The molecule has 178 valence electrons. The van der Waals surface area contributed by atoms with Crippen molar-refractivity contribution >= 4 is 11.9 Å². The molecule has 0 radical (unpaired) electrons. The lowest BCUT2D eigenvalue weighted by Gasteiger charge is -2.12. The first kappa shape index (κ1) is 23.6. The van der Waals surface area contributed by atoms with Crippen LogP contribution >= 0.6 is 0 Å². The molecule has 0 unspecified atom stereocenters. The molecule has 4 aromatic rings. The number of para-hydroxylation sites is 1. The quantitative estimate of drug-likeness (QED) is 0.344. The summed E-state index contributed by atoms with van der Waals surface area (Å²) in [5.41, 5.74) is 2.13. The van der Waals surface area contributed by atoms with Gasteiger partial charge in [0.15, 0.2) is 5.69 Å². The Morgan fingerprint density at radius 2 is 1.49 bits per heavy atom. The molecule has 0 aliphatic heterocycles. The zero-order valence-corrected chi connectivity index (χ0v) is 19.6. The molecule has 1 aromatic heterocycles. The summed E-state index contributed by atoms with van der Waals surface area (Å²) in [6.07, 6.45) is 0. The molecule has 4 rings (SSSR count). The van der Waals surface area contributed by atoms with Gasteiger partial charge < -0.3 is 18.9 Å². The molecule has 0 bridgehead atoms. The van der Waals surface area contributed by atoms with Gasteiger partial charge in [0.1, 0.15) is 29.4 Å². The van der Waals surface area contributed by atoms with Crippen molar-refractivity contribution in [3.8, 4) is 28.4 Å². The summed E-state index contributed by atoms with van der Waals surface area (Å²) in [5.74, 6) is -0.491. The van der Waals surface area contributed by atoms with E-state index in [1.807, 2.05) is 36.4 Å². The highest BCUT2D eigenvalue weighted by Gasteiger charge is 2.32. The molecule has 0 amide bonds. The van der Waals surface area contributed by atoms with Crippen LogP contribution in [0.3, 0.4) is 0 Å². The predicted octanol–water partition coefficient (Wildman–Crippen LogP) is 4.70. The number of rotatable bonds is 8. The van der Waals surface area contributed by atoms with Crippen LogP contribution in [0.25, 0.3) is 16.9 Å². The number of benzene rings is 3. The van der Waals surface area contributed by atoms with Crippen molar-refractivity contribution in [1.29, 1.82) is 0 Å². The van der Waals surface area contributed by atoms with E-state index in [9.17, 15) is 9.59 Å². The lowest BCUT2D eigenvalue weighted by atomic mass is 10.0. The number of aromatic nitrogens is 2. The lowest BCUT2D eigenvalue weighted by Crippen LogP contribution is -2.15. The molecular formula is C27H24N2O6. The van der Waals surface area contributed by atoms with E-state index in [0.29, 0.717) is 29.4 Å². The van der Waals surface area contributed by atoms with Crippen LogP contribution in [0.4, 0.5) is 0 Å². The SMILES string of the molecule is COC(=O)c1c(-c2cc(OCc3ccccc3)ccc2OC)nn(-c2ccccc2)c1C(=O)OC. The monoisotopic (exact) mass is 472 g/mol. The highest BCUT2D eigenvalue weighted by Crippen LogP contribution is 2.37. The molecule has 0 fully saturated rings. The minimum absolute atomic E-state index is 0.0401. The third-order valence-corrected chi connectivity index (χ3v) is 5.33.